The fourth-order valence-corrected chi connectivity index (χ4v) is 2.20. The summed E-state index contributed by atoms with van der Waals surface area (Å²) in [6.45, 7) is 1.38. The van der Waals surface area contributed by atoms with Gasteiger partial charge in [-0.05, 0) is 24.0 Å². The van der Waals surface area contributed by atoms with Gasteiger partial charge >= 0.3 is 0 Å². The molecule has 2 aromatic carbocycles. The fraction of sp³-hybridized carbons (Fsp3) is 0.333. The maximum Gasteiger partial charge on any atom is 0.110 e. The Morgan fingerprint density at radius 1 is 0.917 bits per heavy atom. The number of rotatable bonds is 9. The molecule has 0 spiro atoms. The molecule has 24 heavy (non-hydrogen) atoms. The normalized spacial score (nSPS) is 11.4. The number of aryl methyl sites for hydroxylation is 1. The molecule has 126 valence electrons. The zero-order valence-corrected chi connectivity index (χ0v) is 13.9. The molecule has 2 aromatic rings. The lowest BCUT2D eigenvalue weighted by Gasteiger charge is -2.08. The Labute approximate surface area is 144 Å². The van der Waals surface area contributed by atoms with Crippen LogP contribution in [0.15, 0.2) is 60.7 Å². The highest BCUT2D eigenvalue weighted by Gasteiger charge is 2.02. The summed E-state index contributed by atoms with van der Waals surface area (Å²) in [5, 5.41) is 9.80. The summed E-state index contributed by atoms with van der Waals surface area (Å²) in [6.07, 6.45) is 4.33. The molecule has 0 fully saturated rings. The molecule has 0 aliphatic carbocycles. The topological polar surface area (TPSA) is 38.7 Å². The first kappa shape index (κ1) is 18.1. The van der Waals surface area contributed by atoms with Gasteiger partial charge in [0.05, 0.1) is 19.3 Å². The summed E-state index contributed by atoms with van der Waals surface area (Å²) in [7, 11) is 0. The monoisotopic (exact) mass is 324 g/mol. The minimum atomic E-state index is -0.589. The summed E-state index contributed by atoms with van der Waals surface area (Å²) >= 11 is 0. The Bertz CT molecular complexity index is 614. The van der Waals surface area contributed by atoms with E-state index in [9.17, 15) is 5.11 Å². The number of benzene rings is 2. The molecular formula is C21H24O3. The third-order valence-corrected chi connectivity index (χ3v) is 3.46. The lowest BCUT2D eigenvalue weighted by Crippen LogP contribution is -2.14. The van der Waals surface area contributed by atoms with Gasteiger partial charge in [0.2, 0.25) is 0 Å². The summed E-state index contributed by atoms with van der Waals surface area (Å²) in [4.78, 5) is 0. The predicted octanol–water partition coefficient (Wildman–Crippen LogP) is 3.56. The van der Waals surface area contributed by atoms with Gasteiger partial charge in [0.1, 0.15) is 12.7 Å². The van der Waals surface area contributed by atoms with E-state index >= 15 is 0 Å². The molecule has 0 aliphatic heterocycles. The Morgan fingerprint density at radius 3 is 2.29 bits per heavy atom. The van der Waals surface area contributed by atoms with Crippen LogP contribution in [-0.2, 0) is 22.5 Å². The van der Waals surface area contributed by atoms with Gasteiger partial charge in [-0.3, -0.25) is 0 Å². The van der Waals surface area contributed by atoms with Gasteiger partial charge in [0.25, 0.3) is 0 Å². The van der Waals surface area contributed by atoms with Crippen LogP contribution >= 0.6 is 0 Å². The van der Waals surface area contributed by atoms with Crippen molar-refractivity contribution < 1.29 is 14.6 Å². The maximum atomic E-state index is 9.80. The van der Waals surface area contributed by atoms with E-state index in [1.807, 2.05) is 48.5 Å². The van der Waals surface area contributed by atoms with E-state index in [-0.39, 0.29) is 6.61 Å². The highest BCUT2D eigenvalue weighted by molar-refractivity contribution is 5.14. The largest absolute Gasteiger partial charge is 0.447 e. The number of aliphatic hydroxyl groups excluding tert-OH is 1. The lowest BCUT2D eigenvalue weighted by molar-refractivity contribution is 0.0310. The van der Waals surface area contributed by atoms with E-state index in [1.165, 1.54) is 5.56 Å². The van der Waals surface area contributed by atoms with Crippen LogP contribution in [0.5, 0.6) is 0 Å². The van der Waals surface area contributed by atoms with E-state index in [0.717, 1.165) is 18.4 Å². The summed E-state index contributed by atoms with van der Waals surface area (Å²) in [5.74, 6) is 2.83. The van der Waals surface area contributed by atoms with Crippen molar-refractivity contribution in [3.63, 3.8) is 0 Å². The van der Waals surface area contributed by atoms with Crippen LogP contribution in [0.2, 0.25) is 0 Å². The minimum Gasteiger partial charge on any atom is -0.447 e. The first-order chi connectivity index (χ1) is 11.8. The van der Waals surface area contributed by atoms with Crippen molar-refractivity contribution in [3.8, 4) is 12.0 Å². The van der Waals surface area contributed by atoms with Crippen molar-refractivity contribution in [1.29, 1.82) is 0 Å². The molecule has 3 heteroatoms. The zero-order valence-electron chi connectivity index (χ0n) is 13.9. The first-order valence-electron chi connectivity index (χ1n) is 8.28. The molecule has 2 rings (SSSR count). The second kappa shape index (κ2) is 11.3. The predicted molar refractivity (Wildman–Crippen MR) is 95.2 cm³/mol. The Hall–Kier alpha value is -2.28. The summed E-state index contributed by atoms with van der Waals surface area (Å²) < 4.78 is 10.7. The van der Waals surface area contributed by atoms with Gasteiger partial charge in [0.15, 0.2) is 0 Å². The summed E-state index contributed by atoms with van der Waals surface area (Å²) in [6, 6.07) is 20.2. The van der Waals surface area contributed by atoms with Crippen LogP contribution < -0.4 is 0 Å². The molecule has 1 N–H and O–H groups in total. The van der Waals surface area contributed by atoms with Gasteiger partial charge in [-0.25, -0.2) is 0 Å². The second-order valence-corrected chi connectivity index (χ2v) is 5.58. The molecule has 0 amide bonds. The minimum absolute atomic E-state index is 0.275. The molecule has 0 aliphatic rings. The van der Waals surface area contributed by atoms with Crippen LogP contribution in [0.3, 0.4) is 0 Å². The number of ether oxygens (including phenoxy) is 2. The van der Waals surface area contributed by atoms with Gasteiger partial charge in [0, 0.05) is 6.42 Å². The fourth-order valence-electron chi connectivity index (χ4n) is 2.20. The van der Waals surface area contributed by atoms with E-state index in [2.05, 4.69) is 24.2 Å². The van der Waals surface area contributed by atoms with Crippen LogP contribution in [0, 0.1) is 12.0 Å². The van der Waals surface area contributed by atoms with Crippen molar-refractivity contribution in [2.24, 2.45) is 0 Å². The Balaban J connectivity index is 1.49. The second-order valence-electron chi connectivity index (χ2n) is 5.58. The molecule has 1 unspecified atom stereocenters. The number of hydrogen-bond donors (Lipinski definition) is 1. The third-order valence-electron chi connectivity index (χ3n) is 3.46. The van der Waals surface area contributed by atoms with Gasteiger partial charge in [-0.2, -0.15) is 0 Å². The quantitative estimate of drug-likeness (QED) is 0.566. The average molecular weight is 324 g/mol. The van der Waals surface area contributed by atoms with Gasteiger partial charge in [-0.1, -0.05) is 66.6 Å². The summed E-state index contributed by atoms with van der Waals surface area (Å²) in [5.41, 5.74) is 2.40. The van der Waals surface area contributed by atoms with Crippen LogP contribution in [-0.4, -0.2) is 24.4 Å². The van der Waals surface area contributed by atoms with Crippen LogP contribution in [0.4, 0.5) is 0 Å². The molecule has 0 radical (unpaired) electrons. The van der Waals surface area contributed by atoms with E-state index in [4.69, 9.17) is 9.47 Å². The highest BCUT2D eigenvalue weighted by atomic mass is 16.5. The number of hydrogen-bond acceptors (Lipinski definition) is 3. The molecule has 1 atom stereocenters. The highest BCUT2D eigenvalue weighted by Crippen LogP contribution is 2.03. The SMILES string of the molecule is OC(CC#COCCCc1ccccc1)COCc1ccccc1. The van der Waals surface area contributed by atoms with Crippen molar-refractivity contribution >= 4 is 0 Å². The molecule has 0 aromatic heterocycles. The number of aliphatic hydroxyl groups is 1. The van der Waals surface area contributed by atoms with E-state index in [1.54, 1.807) is 0 Å². The smallest absolute Gasteiger partial charge is 0.110 e. The Morgan fingerprint density at radius 2 is 1.58 bits per heavy atom. The van der Waals surface area contributed by atoms with Crippen LogP contribution in [0.25, 0.3) is 0 Å². The average Bonchev–Trinajstić information content (AvgIpc) is 2.63. The lowest BCUT2D eigenvalue weighted by atomic mass is 10.1. The zero-order chi connectivity index (χ0) is 16.9. The molecule has 3 nitrogen and oxygen atoms in total. The maximum absolute atomic E-state index is 9.80. The molecule has 0 bridgehead atoms. The van der Waals surface area contributed by atoms with Crippen molar-refractivity contribution in [2.75, 3.05) is 13.2 Å². The van der Waals surface area contributed by atoms with Crippen LogP contribution in [0.1, 0.15) is 24.0 Å². The standard InChI is InChI=1S/C21H24O3/c22-21(18-24-17-20-11-5-2-6-12-20)14-8-16-23-15-7-13-19-9-3-1-4-10-19/h1-6,9-12,21-22H,7,13-15,17-18H2. The van der Waals surface area contributed by atoms with Gasteiger partial charge in [-0.15, -0.1) is 0 Å². The van der Waals surface area contributed by atoms with Crippen molar-refractivity contribution in [3.05, 3.63) is 71.8 Å². The van der Waals surface area contributed by atoms with E-state index in [0.29, 0.717) is 19.6 Å². The van der Waals surface area contributed by atoms with Crippen molar-refractivity contribution in [2.45, 2.75) is 32.0 Å². The molecule has 0 saturated heterocycles. The molecule has 0 saturated carbocycles. The first-order valence-corrected chi connectivity index (χ1v) is 8.28. The Kier molecular flexibility index (Phi) is 8.49. The van der Waals surface area contributed by atoms with Gasteiger partial charge < -0.3 is 14.6 Å². The van der Waals surface area contributed by atoms with E-state index < -0.39 is 6.10 Å². The van der Waals surface area contributed by atoms with Crippen molar-refractivity contribution in [1.82, 2.24) is 0 Å². The molecule has 0 heterocycles. The third kappa shape index (κ3) is 7.82. The molecular weight excluding hydrogens is 300 g/mol.